The van der Waals surface area contributed by atoms with Gasteiger partial charge in [0.2, 0.25) is 0 Å². The first kappa shape index (κ1) is 16.9. The van der Waals surface area contributed by atoms with E-state index < -0.39 is 0 Å². The number of hydrogen-bond donors (Lipinski definition) is 1. The van der Waals surface area contributed by atoms with Crippen molar-refractivity contribution in [3.63, 3.8) is 0 Å². The number of thioether (sulfide) groups is 1. The number of carbonyl (C=O) groups is 1. The maximum absolute atomic E-state index is 12.0. The van der Waals surface area contributed by atoms with Crippen molar-refractivity contribution in [2.45, 2.75) is 18.2 Å². The van der Waals surface area contributed by atoms with Gasteiger partial charge in [0.1, 0.15) is 5.75 Å². The van der Waals surface area contributed by atoms with Crippen LogP contribution in [0.3, 0.4) is 0 Å². The highest BCUT2D eigenvalue weighted by atomic mass is 79.9. The van der Waals surface area contributed by atoms with Crippen LogP contribution in [0.4, 0.5) is 5.69 Å². The lowest BCUT2D eigenvalue weighted by molar-refractivity contribution is -0.118. The van der Waals surface area contributed by atoms with Gasteiger partial charge in [-0.2, -0.15) is 0 Å². The zero-order chi connectivity index (χ0) is 15.9. The van der Waals surface area contributed by atoms with Crippen molar-refractivity contribution in [2.75, 3.05) is 18.2 Å². The van der Waals surface area contributed by atoms with Gasteiger partial charge in [-0.1, -0.05) is 19.1 Å². The zero-order valence-corrected chi connectivity index (χ0v) is 15.0. The number of rotatable bonds is 6. The van der Waals surface area contributed by atoms with Gasteiger partial charge in [0.25, 0.3) is 5.91 Å². The van der Waals surface area contributed by atoms with Crippen LogP contribution >= 0.6 is 27.7 Å². The minimum absolute atomic E-state index is 0.0203. The van der Waals surface area contributed by atoms with Gasteiger partial charge in [-0.15, -0.1) is 11.8 Å². The summed E-state index contributed by atoms with van der Waals surface area (Å²) in [6.07, 6.45) is 2.96. The summed E-state index contributed by atoms with van der Waals surface area (Å²) in [6.45, 7) is 2.08. The summed E-state index contributed by atoms with van der Waals surface area (Å²) in [5.74, 6) is 0.495. The largest absolute Gasteiger partial charge is 0.483 e. The Balaban J connectivity index is 1.92. The van der Waals surface area contributed by atoms with Crippen LogP contribution in [0.1, 0.15) is 12.5 Å². The summed E-state index contributed by atoms with van der Waals surface area (Å²) in [7, 11) is 0. The minimum Gasteiger partial charge on any atom is -0.483 e. The molecule has 0 heterocycles. The highest BCUT2D eigenvalue weighted by Gasteiger charge is 2.07. The van der Waals surface area contributed by atoms with Gasteiger partial charge >= 0.3 is 0 Å². The number of amides is 1. The normalized spacial score (nSPS) is 10.3. The molecule has 0 aromatic heterocycles. The van der Waals surface area contributed by atoms with Crippen molar-refractivity contribution < 1.29 is 9.53 Å². The summed E-state index contributed by atoms with van der Waals surface area (Å²) in [5.41, 5.74) is 2.00. The van der Waals surface area contributed by atoms with Gasteiger partial charge in [0.15, 0.2) is 6.61 Å². The molecule has 0 aliphatic rings. The highest BCUT2D eigenvalue weighted by molar-refractivity contribution is 9.10. The molecule has 2 aromatic carbocycles. The van der Waals surface area contributed by atoms with Gasteiger partial charge in [-0.25, -0.2) is 0 Å². The van der Waals surface area contributed by atoms with Crippen LogP contribution in [0.5, 0.6) is 5.75 Å². The fourth-order valence-electron chi connectivity index (χ4n) is 1.92. The van der Waals surface area contributed by atoms with E-state index in [1.54, 1.807) is 11.8 Å². The Morgan fingerprint density at radius 3 is 2.77 bits per heavy atom. The van der Waals surface area contributed by atoms with Crippen molar-refractivity contribution in [1.29, 1.82) is 0 Å². The number of hydrogen-bond acceptors (Lipinski definition) is 3. The third-order valence-corrected chi connectivity index (χ3v) is 4.46. The number of benzene rings is 2. The van der Waals surface area contributed by atoms with Crippen molar-refractivity contribution in [2.24, 2.45) is 0 Å². The number of nitrogens with one attached hydrogen (secondary N) is 1. The second-order valence-electron chi connectivity index (χ2n) is 4.69. The molecule has 0 bridgehead atoms. The lowest BCUT2D eigenvalue weighted by Gasteiger charge is -2.10. The molecule has 5 heteroatoms. The third-order valence-electron chi connectivity index (χ3n) is 3.12. The van der Waals surface area contributed by atoms with Gasteiger partial charge < -0.3 is 10.1 Å². The summed E-state index contributed by atoms with van der Waals surface area (Å²) < 4.78 is 6.43. The van der Waals surface area contributed by atoms with E-state index in [9.17, 15) is 4.79 Å². The summed E-state index contributed by atoms with van der Waals surface area (Å²) in [5, 5.41) is 2.84. The molecule has 0 saturated carbocycles. The Morgan fingerprint density at radius 1 is 1.27 bits per heavy atom. The SMILES string of the molecule is CCc1ccc(OCC(=O)Nc2cccc(SC)c2)c(Br)c1. The zero-order valence-electron chi connectivity index (χ0n) is 12.6. The molecule has 1 amide bonds. The lowest BCUT2D eigenvalue weighted by Crippen LogP contribution is -2.20. The van der Waals surface area contributed by atoms with E-state index in [4.69, 9.17) is 4.74 Å². The predicted molar refractivity (Wildman–Crippen MR) is 95.9 cm³/mol. The van der Waals surface area contributed by atoms with Gasteiger partial charge in [0.05, 0.1) is 4.47 Å². The molecule has 1 N–H and O–H groups in total. The van der Waals surface area contributed by atoms with Crippen LogP contribution in [-0.2, 0) is 11.2 Å². The molecule has 0 atom stereocenters. The Morgan fingerprint density at radius 2 is 2.09 bits per heavy atom. The first-order valence-electron chi connectivity index (χ1n) is 6.97. The highest BCUT2D eigenvalue weighted by Crippen LogP contribution is 2.26. The van der Waals surface area contributed by atoms with Crippen molar-refractivity contribution in [3.8, 4) is 5.75 Å². The van der Waals surface area contributed by atoms with Crippen LogP contribution in [0.25, 0.3) is 0 Å². The maximum Gasteiger partial charge on any atom is 0.262 e. The lowest BCUT2D eigenvalue weighted by atomic mass is 10.2. The molecule has 3 nitrogen and oxygen atoms in total. The van der Waals surface area contributed by atoms with Crippen molar-refractivity contribution in [3.05, 3.63) is 52.5 Å². The van der Waals surface area contributed by atoms with Crippen LogP contribution in [0.2, 0.25) is 0 Å². The number of carbonyl (C=O) groups excluding carboxylic acids is 1. The van der Waals surface area contributed by atoms with Gasteiger partial charge in [0, 0.05) is 10.6 Å². The quantitative estimate of drug-likeness (QED) is 0.735. The second-order valence-corrected chi connectivity index (χ2v) is 6.42. The standard InChI is InChI=1S/C17H18BrNO2S/c1-3-12-7-8-16(15(18)9-12)21-11-17(20)19-13-5-4-6-14(10-13)22-2/h4-10H,3,11H2,1-2H3,(H,19,20). The molecule has 0 fully saturated rings. The fourth-order valence-corrected chi connectivity index (χ4v) is 2.92. The Bertz CT molecular complexity index is 661. The Hall–Kier alpha value is -1.46. The van der Waals surface area contributed by atoms with Crippen LogP contribution in [0.15, 0.2) is 51.8 Å². The first-order chi connectivity index (χ1) is 10.6. The predicted octanol–water partition coefficient (Wildman–Crippen LogP) is 4.75. The molecule has 0 saturated heterocycles. The molecule has 0 spiro atoms. The van der Waals surface area contributed by atoms with Crippen molar-refractivity contribution in [1.82, 2.24) is 0 Å². The average molecular weight is 380 g/mol. The fraction of sp³-hybridized carbons (Fsp3) is 0.235. The van der Waals surface area contributed by atoms with E-state index in [-0.39, 0.29) is 12.5 Å². The summed E-state index contributed by atoms with van der Waals surface area (Å²) in [6, 6.07) is 13.6. The molecule has 22 heavy (non-hydrogen) atoms. The molecule has 0 radical (unpaired) electrons. The van der Waals surface area contributed by atoms with Crippen LogP contribution in [0, 0.1) is 0 Å². The Kier molecular flexibility index (Phi) is 6.34. The van der Waals surface area contributed by atoms with Gasteiger partial charge in [-0.05, 0) is 64.5 Å². The first-order valence-corrected chi connectivity index (χ1v) is 8.99. The average Bonchev–Trinajstić information content (AvgIpc) is 2.53. The number of anilines is 1. The van der Waals surface area contributed by atoms with Crippen LogP contribution < -0.4 is 10.1 Å². The van der Waals surface area contributed by atoms with Gasteiger partial charge in [-0.3, -0.25) is 4.79 Å². The molecule has 116 valence electrons. The summed E-state index contributed by atoms with van der Waals surface area (Å²) >= 11 is 5.10. The maximum atomic E-state index is 12.0. The van der Waals surface area contributed by atoms with Crippen LogP contribution in [-0.4, -0.2) is 18.8 Å². The van der Waals surface area contributed by atoms with E-state index in [2.05, 4.69) is 28.2 Å². The second kappa shape index (κ2) is 8.25. The molecule has 0 unspecified atom stereocenters. The van der Waals surface area contributed by atoms with E-state index in [0.29, 0.717) is 5.75 Å². The van der Waals surface area contributed by atoms with E-state index in [1.165, 1.54) is 5.56 Å². The van der Waals surface area contributed by atoms with E-state index in [1.807, 2.05) is 48.7 Å². The number of ether oxygens (including phenoxy) is 1. The smallest absolute Gasteiger partial charge is 0.262 e. The Labute approximate surface area is 143 Å². The number of aryl methyl sites for hydroxylation is 1. The molecule has 0 aliphatic heterocycles. The van der Waals surface area contributed by atoms with E-state index in [0.717, 1.165) is 21.5 Å². The monoisotopic (exact) mass is 379 g/mol. The van der Waals surface area contributed by atoms with E-state index >= 15 is 0 Å². The number of halogens is 1. The summed E-state index contributed by atoms with van der Waals surface area (Å²) in [4.78, 5) is 13.1. The molecule has 0 aliphatic carbocycles. The third kappa shape index (κ3) is 4.78. The molecule has 2 rings (SSSR count). The topological polar surface area (TPSA) is 38.3 Å². The molecular weight excluding hydrogens is 362 g/mol. The minimum atomic E-state index is -0.176. The molecule has 2 aromatic rings. The van der Waals surface area contributed by atoms with Crippen molar-refractivity contribution >= 4 is 39.3 Å². The molecular formula is C17H18BrNO2S.